The van der Waals surface area contributed by atoms with Crippen LogP contribution in [0.1, 0.15) is 11.1 Å². The van der Waals surface area contributed by atoms with Crippen molar-refractivity contribution in [2.75, 3.05) is 18.5 Å². The van der Waals surface area contributed by atoms with Crippen LogP contribution >= 0.6 is 0 Å². The summed E-state index contributed by atoms with van der Waals surface area (Å²) in [6.07, 6.45) is 3.64. The molecule has 0 fully saturated rings. The van der Waals surface area contributed by atoms with Gasteiger partial charge in [-0.25, -0.2) is 9.47 Å². The Balaban J connectivity index is 0.00000193. The molecule has 2 aromatic carbocycles. The van der Waals surface area contributed by atoms with Crippen molar-refractivity contribution in [3.8, 4) is 23.0 Å². The fraction of sp³-hybridized carbons (Fsp3) is 0.238. The van der Waals surface area contributed by atoms with Gasteiger partial charge in [0.25, 0.3) is 0 Å². The van der Waals surface area contributed by atoms with E-state index in [0.29, 0.717) is 41.8 Å². The van der Waals surface area contributed by atoms with Crippen LogP contribution in [0, 0.1) is 0 Å². The number of aliphatic hydroxyl groups is 1. The molecule has 0 unspecified atom stereocenters. The van der Waals surface area contributed by atoms with Gasteiger partial charge in [-0.15, -0.1) is 0 Å². The Morgan fingerprint density at radius 3 is 2.47 bits per heavy atom. The first-order valence-corrected chi connectivity index (χ1v) is 9.34. The maximum Gasteiger partial charge on any atom is 0.397 e. The third-order valence-electron chi connectivity index (χ3n) is 5.49. The van der Waals surface area contributed by atoms with E-state index in [0.717, 1.165) is 11.3 Å². The maximum atomic E-state index is 11.8. The molecule has 1 aromatic heterocycles. The first-order chi connectivity index (χ1) is 14.2. The normalized spacial score (nSPS) is 20.1. The van der Waals surface area contributed by atoms with Gasteiger partial charge in [-0.3, -0.25) is 0 Å². The summed E-state index contributed by atoms with van der Waals surface area (Å²) in [7, 11) is 0. The van der Waals surface area contributed by atoms with Gasteiger partial charge in [0, 0.05) is 11.6 Å². The van der Waals surface area contributed by atoms with E-state index in [4.69, 9.17) is 18.9 Å². The smallest absolute Gasteiger partial charge is 0.397 e. The summed E-state index contributed by atoms with van der Waals surface area (Å²) in [5.41, 5.74) is 0.402. The molecule has 9 heteroatoms. The molecule has 0 bridgehead atoms. The third kappa shape index (κ3) is 2.85. The van der Waals surface area contributed by atoms with Gasteiger partial charge in [0.2, 0.25) is 19.3 Å². The highest BCUT2D eigenvalue weighted by Crippen LogP contribution is 2.41. The average Bonchev–Trinajstić information content (AvgIpc) is 3.45. The second kappa shape index (κ2) is 7.03. The minimum Gasteiger partial charge on any atom is -1.00 e. The van der Waals surface area contributed by atoms with Gasteiger partial charge in [-0.1, -0.05) is 11.1 Å². The number of hydrogen-bond donors (Lipinski definition) is 1. The fourth-order valence-electron chi connectivity index (χ4n) is 4.05. The molecule has 154 valence electrons. The van der Waals surface area contributed by atoms with Gasteiger partial charge >= 0.3 is 5.95 Å². The van der Waals surface area contributed by atoms with E-state index < -0.39 is 5.72 Å². The van der Waals surface area contributed by atoms with Crippen molar-refractivity contribution >= 4 is 5.95 Å². The Morgan fingerprint density at radius 2 is 1.67 bits per heavy atom. The van der Waals surface area contributed by atoms with Crippen LogP contribution in [0.4, 0.5) is 5.95 Å². The van der Waals surface area contributed by atoms with E-state index in [1.54, 1.807) is 6.20 Å². The van der Waals surface area contributed by atoms with E-state index in [9.17, 15) is 5.11 Å². The number of nitrogens with zero attached hydrogens (tertiary/aromatic N) is 3. The molecule has 8 nitrogen and oxygen atoms in total. The summed E-state index contributed by atoms with van der Waals surface area (Å²) >= 11 is 0. The van der Waals surface area contributed by atoms with Crippen LogP contribution in [0.2, 0.25) is 0 Å². The van der Waals surface area contributed by atoms with Crippen molar-refractivity contribution in [1.29, 1.82) is 0 Å². The number of ether oxygens (including phenoxy) is 4. The monoisotopic (exact) mass is 471 g/mol. The molecule has 0 aliphatic carbocycles. The van der Waals surface area contributed by atoms with Crippen LogP contribution in [0.3, 0.4) is 0 Å². The summed E-state index contributed by atoms with van der Waals surface area (Å²) < 4.78 is 23.8. The summed E-state index contributed by atoms with van der Waals surface area (Å²) in [6.45, 7) is 1.21. The molecule has 3 aliphatic heterocycles. The molecule has 1 atom stereocenters. The number of fused-ring (bicyclic) bond motifs is 3. The summed E-state index contributed by atoms with van der Waals surface area (Å²) in [5.74, 6) is 3.44. The van der Waals surface area contributed by atoms with Crippen molar-refractivity contribution < 1.29 is 45.6 Å². The highest BCUT2D eigenvalue weighted by atomic mass is 79.9. The number of hydrogen-bond acceptors (Lipinski definition) is 7. The molecule has 0 spiro atoms. The molecule has 30 heavy (non-hydrogen) atoms. The standard InChI is InChI=1S/C21H18N3O5.BrH/c25-21(15-3-5-17-19(9-15)29-13-27-17)11-23-7-1-6-22-20(23)24(21)10-14-2-4-16-18(8-14)28-12-26-16;/h1-9,25H,10-13H2;1H/q+1;/p-1/t21-;/m1./s1. The minimum absolute atomic E-state index is 0. The van der Waals surface area contributed by atoms with E-state index >= 15 is 0 Å². The van der Waals surface area contributed by atoms with Gasteiger partial charge in [-0.05, 0) is 35.9 Å². The van der Waals surface area contributed by atoms with Crippen molar-refractivity contribution in [2.45, 2.75) is 18.8 Å². The van der Waals surface area contributed by atoms with Crippen LogP contribution in [-0.4, -0.2) is 23.7 Å². The minimum atomic E-state index is -1.29. The Kier molecular flexibility index (Phi) is 4.44. The summed E-state index contributed by atoms with van der Waals surface area (Å²) in [4.78, 5) is 6.41. The van der Waals surface area contributed by atoms with Gasteiger partial charge in [0.05, 0.1) is 12.7 Å². The zero-order valence-electron chi connectivity index (χ0n) is 15.8. The van der Waals surface area contributed by atoms with Gasteiger partial charge in [0.1, 0.15) is 12.7 Å². The lowest BCUT2D eigenvalue weighted by atomic mass is 10.0. The lowest BCUT2D eigenvalue weighted by Gasteiger charge is -2.28. The predicted octanol–water partition coefficient (Wildman–Crippen LogP) is -1.30. The Labute approximate surface area is 183 Å². The number of aromatic nitrogens is 2. The van der Waals surface area contributed by atoms with Crippen LogP contribution in [0.15, 0.2) is 54.9 Å². The molecule has 4 heterocycles. The number of benzene rings is 2. The summed E-state index contributed by atoms with van der Waals surface area (Å²) in [5, 5.41) is 11.8. The molecule has 3 aromatic rings. The zero-order chi connectivity index (χ0) is 19.4. The van der Waals surface area contributed by atoms with Crippen molar-refractivity contribution in [3.05, 3.63) is 66.0 Å². The van der Waals surface area contributed by atoms with E-state index in [2.05, 4.69) is 4.98 Å². The van der Waals surface area contributed by atoms with E-state index in [1.165, 1.54) is 0 Å². The van der Waals surface area contributed by atoms with Crippen LogP contribution in [0.25, 0.3) is 0 Å². The van der Waals surface area contributed by atoms with Gasteiger partial charge in [-0.2, -0.15) is 0 Å². The summed E-state index contributed by atoms with van der Waals surface area (Å²) in [6, 6.07) is 13.2. The second-order valence-electron chi connectivity index (χ2n) is 7.21. The van der Waals surface area contributed by atoms with Crippen molar-refractivity contribution in [3.63, 3.8) is 0 Å². The largest absolute Gasteiger partial charge is 1.00 e. The molecular weight excluding hydrogens is 454 g/mol. The quantitative estimate of drug-likeness (QED) is 0.475. The molecule has 0 saturated carbocycles. The molecule has 3 aliphatic rings. The number of rotatable bonds is 3. The highest BCUT2D eigenvalue weighted by molar-refractivity contribution is 5.50. The van der Waals surface area contributed by atoms with Crippen LogP contribution in [0.5, 0.6) is 23.0 Å². The molecule has 0 saturated heterocycles. The fourth-order valence-corrected chi connectivity index (χ4v) is 4.05. The average molecular weight is 472 g/mol. The number of halogens is 1. The molecular formula is C21H18BrN3O5. The maximum absolute atomic E-state index is 11.8. The third-order valence-corrected chi connectivity index (χ3v) is 5.49. The van der Waals surface area contributed by atoms with Gasteiger partial charge < -0.3 is 41.0 Å². The molecule has 1 N–H and O–H groups in total. The topological polar surface area (TPSA) is 77.2 Å². The van der Waals surface area contributed by atoms with E-state index in [-0.39, 0.29) is 30.6 Å². The molecule has 0 radical (unpaired) electrons. The Bertz CT molecular complexity index is 1130. The molecule has 6 rings (SSSR count). The Morgan fingerprint density at radius 1 is 0.967 bits per heavy atom. The number of anilines is 1. The SMILES string of the molecule is O[C@@]1(c2ccc3c(c2)OCO3)C[n+]2cccnc2N1Cc1ccc2c(c1)OCO2.[Br-]. The lowest BCUT2D eigenvalue weighted by Crippen LogP contribution is -3.00. The first-order valence-electron chi connectivity index (χ1n) is 9.34. The molecule has 0 amide bonds. The van der Waals surface area contributed by atoms with Gasteiger partial charge in [0.15, 0.2) is 23.0 Å². The highest BCUT2D eigenvalue weighted by Gasteiger charge is 2.52. The van der Waals surface area contributed by atoms with Crippen molar-refractivity contribution in [2.24, 2.45) is 0 Å². The predicted molar refractivity (Wildman–Crippen MR) is 99.6 cm³/mol. The second-order valence-corrected chi connectivity index (χ2v) is 7.21. The zero-order valence-corrected chi connectivity index (χ0v) is 17.4. The first kappa shape index (κ1) is 19.0. The van der Waals surface area contributed by atoms with Crippen molar-refractivity contribution in [1.82, 2.24) is 4.98 Å². The lowest BCUT2D eigenvalue weighted by molar-refractivity contribution is -0.685. The van der Waals surface area contributed by atoms with E-state index in [1.807, 2.05) is 58.1 Å². The Hall–Kier alpha value is -3.04. The van der Waals surface area contributed by atoms with Crippen LogP contribution in [-0.2, 0) is 18.8 Å². The van der Waals surface area contributed by atoms with Crippen LogP contribution < -0.4 is 45.4 Å².